The molecule has 0 aliphatic heterocycles. The van der Waals surface area contributed by atoms with E-state index >= 15 is 0 Å². The molecule has 2 nitrogen and oxygen atoms in total. The number of ketones is 1. The second kappa shape index (κ2) is 4.58. The van der Waals surface area contributed by atoms with Gasteiger partial charge in [0.15, 0.2) is 5.78 Å². The number of rotatable bonds is 3. The third-order valence-corrected chi connectivity index (χ3v) is 2.91. The van der Waals surface area contributed by atoms with Crippen LogP contribution in [0.2, 0.25) is 0 Å². The molecule has 0 bridgehead atoms. The summed E-state index contributed by atoms with van der Waals surface area (Å²) in [6.07, 6.45) is 0. The van der Waals surface area contributed by atoms with Crippen molar-refractivity contribution in [3.8, 4) is 0 Å². The van der Waals surface area contributed by atoms with Crippen LogP contribution in [0.15, 0.2) is 12.1 Å². The van der Waals surface area contributed by atoms with Crippen LogP contribution in [0.5, 0.6) is 0 Å². The standard InChI is InChI=1S/C13H19NO/c1-8-5-10(3)12(6-9(8)2)13(15)11(4)7-14/h5-6,11H,7,14H2,1-4H3. The number of carbonyl (C=O) groups is 1. The van der Waals surface area contributed by atoms with Gasteiger partial charge in [0.05, 0.1) is 0 Å². The molecular formula is C13H19NO. The van der Waals surface area contributed by atoms with Crippen LogP contribution >= 0.6 is 0 Å². The highest BCUT2D eigenvalue weighted by atomic mass is 16.1. The van der Waals surface area contributed by atoms with Gasteiger partial charge in [-0.3, -0.25) is 4.79 Å². The Labute approximate surface area is 91.5 Å². The van der Waals surface area contributed by atoms with Crippen molar-refractivity contribution in [2.75, 3.05) is 6.54 Å². The summed E-state index contributed by atoms with van der Waals surface area (Å²) in [5.74, 6) is 0.0592. The van der Waals surface area contributed by atoms with E-state index in [4.69, 9.17) is 5.73 Å². The third-order valence-electron chi connectivity index (χ3n) is 2.91. The number of benzene rings is 1. The van der Waals surface area contributed by atoms with Gasteiger partial charge in [0, 0.05) is 18.0 Å². The minimum atomic E-state index is -0.0918. The topological polar surface area (TPSA) is 43.1 Å². The molecule has 1 unspecified atom stereocenters. The molecule has 0 amide bonds. The van der Waals surface area contributed by atoms with Gasteiger partial charge in [-0.15, -0.1) is 0 Å². The first-order valence-electron chi connectivity index (χ1n) is 5.29. The van der Waals surface area contributed by atoms with Gasteiger partial charge in [0.2, 0.25) is 0 Å². The second-order valence-electron chi connectivity index (χ2n) is 4.25. The lowest BCUT2D eigenvalue weighted by Gasteiger charge is -2.12. The fourth-order valence-electron chi connectivity index (χ4n) is 1.60. The predicted molar refractivity (Wildman–Crippen MR) is 63.2 cm³/mol. The van der Waals surface area contributed by atoms with E-state index in [0.717, 1.165) is 16.7 Å². The smallest absolute Gasteiger partial charge is 0.167 e. The summed E-state index contributed by atoms with van der Waals surface area (Å²) in [5.41, 5.74) is 9.75. The van der Waals surface area contributed by atoms with E-state index in [9.17, 15) is 4.79 Å². The lowest BCUT2D eigenvalue weighted by molar-refractivity contribution is 0.0933. The summed E-state index contributed by atoms with van der Waals surface area (Å²) >= 11 is 0. The first kappa shape index (κ1) is 11.9. The van der Waals surface area contributed by atoms with Crippen LogP contribution in [-0.4, -0.2) is 12.3 Å². The molecule has 0 aliphatic rings. The van der Waals surface area contributed by atoms with Crippen molar-refractivity contribution in [3.63, 3.8) is 0 Å². The lowest BCUT2D eigenvalue weighted by atomic mass is 9.92. The van der Waals surface area contributed by atoms with E-state index in [-0.39, 0.29) is 11.7 Å². The van der Waals surface area contributed by atoms with Gasteiger partial charge in [0.1, 0.15) is 0 Å². The quantitative estimate of drug-likeness (QED) is 0.770. The number of hydrogen-bond acceptors (Lipinski definition) is 2. The lowest BCUT2D eigenvalue weighted by Crippen LogP contribution is -2.21. The van der Waals surface area contributed by atoms with E-state index in [1.165, 1.54) is 5.56 Å². The Balaban J connectivity index is 3.15. The average molecular weight is 205 g/mol. The molecule has 1 rings (SSSR count). The van der Waals surface area contributed by atoms with Crippen LogP contribution in [0.4, 0.5) is 0 Å². The molecule has 0 heterocycles. The summed E-state index contributed by atoms with van der Waals surface area (Å²) in [5, 5.41) is 0. The molecule has 0 spiro atoms. The van der Waals surface area contributed by atoms with E-state index in [0.29, 0.717) is 6.54 Å². The third kappa shape index (κ3) is 2.45. The Hall–Kier alpha value is -1.15. The predicted octanol–water partition coefficient (Wildman–Crippen LogP) is 2.39. The van der Waals surface area contributed by atoms with Crippen LogP contribution in [0.3, 0.4) is 0 Å². The normalized spacial score (nSPS) is 12.6. The molecule has 1 aromatic carbocycles. The zero-order valence-electron chi connectivity index (χ0n) is 9.92. The van der Waals surface area contributed by atoms with Gasteiger partial charge >= 0.3 is 0 Å². The van der Waals surface area contributed by atoms with E-state index < -0.39 is 0 Å². The summed E-state index contributed by atoms with van der Waals surface area (Å²) < 4.78 is 0. The highest BCUT2D eigenvalue weighted by Crippen LogP contribution is 2.18. The molecule has 0 aliphatic carbocycles. The first-order valence-corrected chi connectivity index (χ1v) is 5.29. The number of nitrogens with two attached hydrogens (primary N) is 1. The molecule has 0 radical (unpaired) electrons. The van der Waals surface area contributed by atoms with Crippen molar-refractivity contribution < 1.29 is 4.79 Å². The van der Waals surface area contributed by atoms with Crippen LogP contribution in [0.1, 0.15) is 34.0 Å². The second-order valence-corrected chi connectivity index (χ2v) is 4.25. The summed E-state index contributed by atoms with van der Waals surface area (Å²) in [6, 6.07) is 4.03. The zero-order chi connectivity index (χ0) is 11.6. The molecule has 2 N–H and O–H groups in total. The summed E-state index contributed by atoms with van der Waals surface area (Å²) in [6.45, 7) is 8.34. The van der Waals surface area contributed by atoms with Crippen LogP contribution < -0.4 is 5.73 Å². The molecule has 0 saturated heterocycles. The van der Waals surface area contributed by atoms with Gasteiger partial charge < -0.3 is 5.73 Å². The monoisotopic (exact) mass is 205 g/mol. The van der Waals surface area contributed by atoms with Crippen molar-refractivity contribution in [1.82, 2.24) is 0 Å². The number of Topliss-reactive ketones (excluding diaryl/α,β-unsaturated/α-hetero) is 1. The van der Waals surface area contributed by atoms with Crippen molar-refractivity contribution in [2.45, 2.75) is 27.7 Å². The molecular weight excluding hydrogens is 186 g/mol. The number of aryl methyl sites for hydroxylation is 3. The highest BCUT2D eigenvalue weighted by Gasteiger charge is 2.16. The summed E-state index contributed by atoms with van der Waals surface area (Å²) in [4.78, 5) is 12.0. The largest absolute Gasteiger partial charge is 0.330 e. The maximum Gasteiger partial charge on any atom is 0.167 e. The van der Waals surface area contributed by atoms with Gasteiger partial charge in [-0.05, 0) is 43.5 Å². The van der Waals surface area contributed by atoms with Gasteiger partial charge in [-0.25, -0.2) is 0 Å². The molecule has 0 fully saturated rings. The Kier molecular flexibility index (Phi) is 3.64. The molecule has 1 atom stereocenters. The van der Waals surface area contributed by atoms with E-state index in [1.54, 1.807) is 0 Å². The van der Waals surface area contributed by atoms with Crippen molar-refractivity contribution >= 4 is 5.78 Å². The van der Waals surface area contributed by atoms with Gasteiger partial charge in [0.25, 0.3) is 0 Å². The Morgan fingerprint density at radius 3 is 2.27 bits per heavy atom. The van der Waals surface area contributed by atoms with Crippen molar-refractivity contribution in [3.05, 3.63) is 34.4 Å². The average Bonchev–Trinajstić information content (AvgIpc) is 2.21. The number of carbonyl (C=O) groups excluding carboxylic acids is 1. The Bertz CT molecular complexity index is 382. The molecule has 2 heteroatoms. The molecule has 1 aromatic rings. The highest BCUT2D eigenvalue weighted by molar-refractivity contribution is 5.99. The SMILES string of the molecule is Cc1cc(C)c(C(=O)C(C)CN)cc1C. The maximum atomic E-state index is 12.0. The van der Waals surface area contributed by atoms with Crippen molar-refractivity contribution in [2.24, 2.45) is 11.7 Å². The Morgan fingerprint density at radius 2 is 1.73 bits per heavy atom. The minimum absolute atomic E-state index is 0.0918. The van der Waals surface area contributed by atoms with Crippen LogP contribution in [-0.2, 0) is 0 Å². The molecule has 0 aromatic heterocycles. The van der Waals surface area contributed by atoms with Crippen LogP contribution in [0, 0.1) is 26.7 Å². The fourth-order valence-corrected chi connectivity index (χ4v) is 1.60. The van der Waals surface area contributed by atoms with Gasteiger partial charge in [-0.1, -0.05) is 13.0 Å². The molecule has 15 heavy (non-hydrogen) atoms. The minimum Gasteiger partial charge on any atom is -0.330 e. The molecule has 82 valence electrons. The number of hydrogen-bond donors (Lipinski definition) is 1. The van der Waals surface area contributed by atoms with Gasteiger partial charge in [-0.2, -0.15) is 0 Å². The maximum absolute atomic E-state index is 12.0. The summed E-state index contributed by atoms with van der Waals surface area (Å²) in [7, 11) is 0. The first-order chi connectivity index (χ1) is 6.97. The van der Waals surface area contributed by atoms with Crippen LogP contribution in [0.25, 0.3) is 0 Å². The Morgan fingerprint density at radius 1 is 1.20 bits per heavy atom. The zero-order valence-corrected chi connectivity index (χ0v) is 9.92. The van der Waals surface area contributed by atoms with E-state index in [1.807, 2.05) is 26.8 Å². The van der Waals surface area contributed by atoms with Crippen molar-refractivity contribution in [1.29, 1.82) is 0 Å². The fraction of sp³-hybridized carbons (Fsp3) is 0.462. The molecule has 0 saturated carbocycles. The van der Waals surface area contributed by atoms with E-state index in [2.05, 4.69) is 13.0 Å².